The van der Waals surface area contributed by atoms with Crippen molar-refractivity contribution in [2.75, 3.05) is 26.2 Å². The normalized spacial score (nSPS) is 18.2. The van der Waals surface area contributed by atoms with Crippen LogP contribution < -0.4 is 4.74 Å². The molecule has 0 N–H and O–H groups in total. The SMILES string of the molecule is CCOC(=O)[C@@H]1CCCN(CC2=C(Cl)c3ccc(OCc4ccc5c(c4)c(Cl)nn5C(C)C)cc3CC2)C1. The molecule has 0 spiro atoms. The number of rotatable bonds is 8. The van der Waals surface area contributed by atoms with Crippen molar-refractivity contribution in [2.24, 2.45) is 5.92 Å². The molecule has 0 radical (unpaired) electrons. The van der Waals surface area contributed by atoms with Gasteiger partial charge in [0.15, 0.2) is 5.15 Å². The largest absolute Gasteiger partial charge is 0.489 e. The van der Waals surface area contributed by atoms with Crippen LogP contribution in [0, 0.1) is 5.92 Å². The first-order chi connectivity index (χ1) is 18.3. The molecule has 0 saturated carbocycles. The minimum absolute atomic E-state index is 0.0400. The van der Waals surface area contributed by atoms with Crippen molar-refractivity contribution in [3.63, 3.8) is 0 Å². The first-order valence-electron chi connectivity index (χ1n) is 13.5. The predicted octanol–water partition coefficient (Wildman–Crippen LogP) is 7.02. The van der Waals surface area contributed by atoms with E-state index in [1.165, 1.54) is 11.1 Å². The standard InChI is InChI=1S/C30H35Cl2N3O3/c1-4-37-30(36)23-6-5-13-34(17-23)16-22-9-8-21-15-24(10-11-25(21)28(22)31)38-18-20-7-12-27-26(14-20)29(32)33-35(27)19(2)3/h7,10-12,14-15,19,23H,4-6,8-9,13,16-18H2,1-3H3/t23-/m1/s1. The molecule has 1 fully saturated rings. The third-order valence-electron chi connectivity index (χ3n) is 7.48. The van der Waals surface area contributed by atoms with Crippen LogP contribution in [-0.2, 0) is 22.6 Å². The highest BCUT2D eigenvalue weighted by molar-refractivity contribution is 6.49. The Morgan fingerprint density at radius 1 is 1.16 bits per heavy atom. The first-order valence-corrected chi connectivity index (χ1v) is 14.3. The number of halogens is 2. The number of nitrogens with zero attached hydrogens (tertiary/aromatic N) is 3. The smallest absolute Gasteiger partial charge is 0.310 e. The predicted molar refractivity (Wildman–Crippen MR) is 153 cm³/mol. The molecule has 38 heavy (non-hydrogen) atoms. The number of aryl methyl sites for hydroxylation is 1. The van der Waals surface area contributed by atoms with Gasteiger partial charge in [-0.1, -0.05) is 29.3 Å². The van der Waals surface area contributed by atoms with Crippen LogP contribution in [0.4, 0.5) is 0 Å². The summed E-state index contributed by atoms with van der Waals surface area (Å²) in [5, 5.41) is 6.76. The maximum Gasteiger partial charge on any atom is 0.310 e. The molecule has 202 valence electrons. The van der Waals surface area contributed by atoms with E-state index in [4.69, 9.17) is 32.7 Å². The Kier molecular flexibility index (Phi) is 8.32. The summed E-state index contributed by atoms with van der Waals surface area (Å²) in [5.41, 5.74) is 5.60. The van der Waals surface area contributed by atoms with Crippen molar-refractivity contribution in [1.82, 2.24) is 14.7 Å². The number of ether oxygens (including phenoxy) is 2. The van der Waals surface area contributed by atoms with E-state index in [-0.39, 0.29) is 17.9 Å². The van der Waals surface area contributed by atoms with Gasteiger partial charge < -0.3 is 9.47 Å². The Balaban J connectivity index is 1.24. The number of benzene rings is 2. The average Bonchev–Trinajstić information content (AvgIpc) is 3.25. The fourth-order valence-corrected chi connectivity index (χ4v) is 6.11. The third-order valence-corrected chi connectivity index (χ3v) is 8.23. The summed E-state index contributed by atoms with van der Waals surface area (Å²) >= 11 is 13.3. The molecule has 1 saturated heterocycles. The second kappa shape index (κ2) is 11.7. The zero-order valence-corrected chi connectivity index (χ0v) is 23.8. The number of hydrogen-bond donors (Lipinski definition) is 0. The lowest BCUT2D eigenvalue weighted by Crippen LogP contribution is -2.40. The Hall–Kier alpha value is -2.54. The minimum Gasteiger partial charge on any atom is -0.489 e. The average molecular weight is 557 g/mol. The molecule has 0 amide bonds. The summed E-state index contributed by atoms with van der Waals surface area (Å²) in [6.45, 7) is 9.44. The molecule has 1 aliphatic heterocycles. The summed E-state index contributed by atoms with van der Waals surface area (Å²) in [6, 6.07) is 12.6. The van der Waals surface area contributed by atoms with Gasteiger partial charge >= 0.3 is 5.97 Å². The van der Waals surface area contributed by atoms with Crippen molar-refractivity contribution >= 4 is 45.1 Å². The van der Waals surface area contributed by atoms with Crippen molar-refractivity contribution in [2.45, 2.75) is 59.1 Å². The van der Waals surface area contributed by atoms with E-state index in [0.717, 1.165) is 78.1 Å². The van der Waals surface area contributed by atoms with Gasteiger partial charge in [-0.25, -0.2) is 0 Å². The fraction of sp³-hybridized carbons (Fsp3) is 0.467. The maximum atomic E-state index is 12.2. The molecule has 2 aromatic carbocycles. The lowest BCUT2D eigenvalue weighted by molar-refractivity contribution is -0.149. The molecule has 1 aliphatic carbocycles. The van der Waals surface area contributed by atoms with Gasteiger partial charge in [0.05, 0.1) is 18.0 Å². The third kappa shape index (κ3) is 5.73. The fourth-order valence-electron chi connectivity index (χ4n) is 5.54. The van der Waals surface area contributed by atoms with Crippen LogP contribution in [0.3, 0.4) is 0 Å². The van der Waals surface area contributed by atoms with Crippen LogP contribution in [0.2, 0.25) is 5.15 Å². The summed E-state index contributed by atoms with van der Waals surface area (Å²) in [4.78, 5) is 14.6. The van der Waals surface area contributed by atoms with E-state index in [0.29, 0.717) is 18.4 Å². The van der Waals surface area contributed by atoms with Crippen molar-refractivity contribution in [1.29, 1.82) is 0 Å². The zero-order chi connectivity index (χ0) is 26.8. The van der Waals surface area contributed by atoms with Crippen LogP contribution in [0.25, 0.3) is 15.9 Å². The van der Waals surface area contributed by atoms with E-state index in [1.54, 1.807) is 0 Å². The molecule has 0 unspecified atom stereocenters. The number of piperidine rings is 1. The maximum absolute atomic E-state index is 12.2. The van der Waals surface area contributed by atoms with Crippen LogP contribution in [-0.4, -0.2) is 46.9 Å². The van der Waals surface area contributed by atoms with E-state index in [1.807, 2.05) is 17.7 Å². The highest BCUT2D eigenvalue weighted by Gasteiger charge is 2.28. The van der Waals surface area contributed by atoms with E-state index in [2.05, 4.69) is 54.2 Å². The molecule has 0 bridgehead atoms. The monoisotopic (exact) mass is 555 g/mol. The minimum atomic E-state index is -0.0764. The van der Waals surface area contributed by atoms with E-state index in [9.17, 15) is 4.79 Å². The summed E-state index contributed by atoms with van der Waals surface area (Å²) < 4.78 is 13.4. The van der Waals surface area contributed by atoms with Crippen LogP contribution in [0.15, 0.2) is 42.0 Å². The number of carbonyl (C=O) groups is 1. The van der Waals surface area contributed by atoms with Crippen molar-refractivity contribution in [3.8, 4) is 5.75 Å². The highest BCUT2D eigenvalue weighted by atomic mass is 35.5. The molecule has 1 atom stereocenters. The van der Waals surface area contributed by atoms with Gasteiger partial charge in [0.2, 0.25) is 0 Å². The molecule has 5 rings (SSSR count). The first kappa shape index (κ1) is 27.0. The summed E-state index contributed by atoms with van der Waals surface area (Å²) in [7, 11) is 0. The number of esters is 1. The van der Waals surface area contributed by atoms with Gasteiger partial charge in [0, 0.05) is 29.5 Å². The highest BCUT2D eigenvalue weighted by Crippen LogP contribution is 2.37. The summed E-state index contributed by atoms with van der Waals surface area (Å²) in [6.07, 6.45) is 3.73. The second-order valence-electron chi connectivity index (χ2n) is 10.5. The quantitative estimate of drug-likeness (QED) is 0.279. The Labute approximate surface area is 234 Å². The zero-order valence-electron chi connectivity index (χ0n) is 22.3. The van der Waals surface area contributed by atoms with Gasteiger partial charge in [-0.3, -0.25) is 14.4 Å². The molecule has 2 aliphatic rings. The molecule has 2 heterocycles. The molecular formula is C30H35Cl2N3O3. The number of carbonyl (C=O) groups excluding carboxylic acids is 1. The van der Waals surface area contributed by atoms with Crippen molar-refractivity contribution < 1.29 is 14.3 Å². The van der Waals surface area contributed by atoms with E-state index < -0.39 is 0 Å². The molecule has 1 aromatic heterocycles. The number of likely N-dealkylation sites (tertiary alicyclic amines) is 1. The Morgan fingerprint density at radius 2 is 2.00 bits per heavy atom. The lowest BCUT2D eigenvalue weighted by atomic mass is 9.90. The van der Waals surface area contributed by atoms with Gasteiger partial charge in [0.25, 0.3) is 0 Å². The number of aromatic nitrogens is 2. The second-order valence-corrected chi connectivity index (χ2v) is 11.3. The topological polar surface area (TPSA) is 56.6 Å². The Bertz CT molecular complexity index is 1360. The van der Waals surface area contributed by atoms with Crippen LogP contribution in [0.1, 0.15) is 62.8 Å². The van der Waals surface area contributed by atoms with Crippen LogP contribution in [0.5, 0.6) is 5.75 Å². The van der Waals surface area contributed by atoms with Crippen molar-refractivity contribution in [3.05, 3.63) is 63.8 Å². The van der Waals surface area contributed by atoms with Gasteiger partial charge in [-0.15, -0.1) is 0 Å². The number of fused-ring (bicyclic) bond motifs is 2. The molecule has 3 aromatic rings. The molecule has 6 nitrogen and oxygen atoms in total. The lowest BCUT2D eigenvalue weighted by Gasteiger charge is -2.33. The van der Waals surface area contributed by atoms with E-state index >= 15 is 0 Å². The van der Waals surface area contributed by atoms with Gasteiger partial charge in [-0.2, -0.15) is 5.10 Å². The van der Waals surface area contributed by atoms with Gasteiger partial charge in [-0.05, 0) is 106 Å². The number of hydrogen-bond acceptors (Lipinski definition) is 5. The molecular weight excluding hydrogens is 521 g/mol. The van der Waals surface area contributed by atoms with Crippen LogP contribution >= 0.6 is 23.2 Å². The Morgan fingerprint density at radius 3 is 2.79 bits per heavy atom. The molecule has 8 heteroatoms. The summed E-state index contributed by atoms with van der Waals surface area (Å²) in [5.74, 6) is 0.711. The van der Waals surface area contributed by atoms with Gasteiger partial charge in [0.1, 0.15) is 12.4 Å².